The fourth-order valence-electron chi connectivity index (χ4n) is 6.38. The maximum atomic E-state index is 17.0. The van der Waals surface area contributed by atoms with Crippen molar-refractivity contribution in [1.29, 1.82) is 0 Å². The summed E-state index contributed by atoms with van der Waals surface area (Å²) in [5.74, 6) is -1.87. The van der Waals surface area contributed by atoms with Crippen molar-refractivity contribution in [2.24, 2.45) is 16.7 Å². The molecule has 7 heteroatoms. The van der Waals surface area contributed by atoms with Crippen molar-refractivity contribution in [3.63, 3.8) is 0 Å². The number of alkyl halides is 1. The first-order valence-electron chi connectivity index (χ1n) is 10.4. The minimum absolute atomic E-state index is 0.144. The van der Waals surface area contributed by atoms with E-state index in [1.165, 1.54) is 13.8 Å². The maximum Gasteiger partial charge on any atom is 0.303 e. The molecule has 0 spiro atoms. The van der Waals surface area contributed by atoms with E-state index in [1.54, 1.807) is 13.8 Å². The molecule has 2 N–H and O–H groups in total. The molecule has 1 saturated heterocycles. The standard InChI is InChI=1S/C22H31FO6/c1-11-6-7-21(27)10-22(23)13-9-28-14(13)8-15(25)20(22,5)18(26)17(29-12(2)24)16(11)19(21,3)4/h13-15,17,25,27H,6-10H2,1-5H3/t13-,14-,15+,17-,20+,21-,22+/m1/s1. The van der Waals surface area contributed by atoms with Gasteiger partial charge in [-0.05, 0) is 32.3 Å². The molecule has 3 aliphatic carbocycles. The Morgan fingerprint density at radius 1 is 1.31 bits per heavy atom. The van der Waals surface area contributed by atoms with Gasteiger partial charge in [0.1, 0.15) is 5.67 Å². The van der Waals surface area contributed by atoms with Crippen molar-refractivity contribution in [2.75, 3.05) is 6.61 Å². The summed E-state index contributed by atoms with van der Waals surface area (Å²) < 4.78 is 28.0. The Hall–Kier alpha value is -1.31. The number of hydrogen-bond donors (Lipinski definition) is 2. The molecule has 0 aromatic carbocycles. The fourth-order valence-corrected chi connectivity index (χ4v) is 6.38. The summed E-state index contributed by atoms with van der Waals surface area (Å²) in [6, 6.07) is 0. The third kappa shape index (κ3) is 2.44. The molecule has 4 rings (SSSR count). The third-order valence-electron chi connectivity index (χ3n) is 8.57. The van der Waals surface area contributed by atoms with Crippen molar-refractivity contribution >= 4 is 11.8 Å². The van der Waals surface area contributed by atoms with Crippen LogP contribution in [0, 0.1) is 16.7 Å². The van der Waals surface area contributed by atoms with Crippen LogP contribution in [0.3, 0.4) is 0 Å². The minimum Gasteiger partial charge on any atom is -0.450 e. The van der Waals surface area contributed by atoms with Gasteiger partial charge in [0, 0.05) is 31.1 Å². The second-order valence-electron chi connectivity index (χ2n) is 10.2. The normalized spacial score (nSPS) is 48.6. The number of halogens is 1. The molecular weight excluding hydrogens is 379 g/mol. The number of ether oxygens (including phenoxy) is 2. The second-order valence-corrected chi connectivity index (χ2v) is 10.2. The molecule has 0 unspecified atom stereocenters. The van der Waals surface area contributed by atoms with Gasteiger partial charge in [-0.2, -0.15) is 0 Å². The zero-order valence-corrected chi connectivity index (χ0v) is 17.8. The van der Waals surface area contributed by atoms with Crippen molar-refractivity contribution in [1.82, 2.24) is 0 Å². The molecular formula is C22H31FO6. The summed E-state index contributed by atoms with van der Waals surface area (Å²) in [6.45, 7) is 8.22. The van der Waals surface area contributed by atoms with E-state index in [0.29, 0.717) is 18.4 Å². The number of esters is 1. The predicted octanol–water partition coefficient (Wildman–Crippen LogP) is 2.25. The number of ketones is 1. The van der Waals surface area contributed by atoms with E-state index < -0.39 is 58.1 Å². The molecule has 0 aromatic heterocycles. The Balaban J connectivity index is 1.98. The number of fused-ring (bicyclic) bond motifs is 5. The van der Waals surface area contributed by atoms with Crippen LogP contribution in [0.4, 0.5) is 4.39 Å². The summed E-state index contributed by atoms with van der Waals surface area (Å²) in [5, 5.41) is 22.7. The highest BCUT2D eigenvalue weighted by Crippen LogP contribution is 2.64. The Morgan fingerprint density at radius 2 is 1.97 bits per heavy atom. The van der Waals surface area contributed by atoms with Gasteiger partial charge in [0.15, 0.2) is 11.9 Å². The van der Waals surface area contributed by atoms with Crippen molar-refractivity contribution in [3.8, 4) is 0 Å². The highest BCUT2D eigenvalue weighted by molar-refractivity contribution is 5.95. The summed E-state index contributed by atoms with van der Waals surface area (Å²) in [7, 11) is 0. The number of aliphatic hydroxyl groups excluding tert-OH is 1. The zero-order chi connectivity index (χ0) is 21.6. The van der Waals surface area contributed by atoms with Crippen LogP contribution in [0.5, 0.6) is 0 Å². The van der Waals surface area contributed by atoms with Gasteiger partial charge in [-0.3, -0.25) is 9.59 Å². The van der Waals surface area contributed by atoms with E-state index in [1.807, 2.05) is 6.92 Å². The summed E-state index contributed by atoms with van der Waals surface area (Å²) >= 11 is 0. The van der Waals surface area contributed by atoms with Crippen molar-refractivity contribution in [2.45, 2.75) is 89.9 Å². The molecule has 7 atom stereocenters. The maximum absolute atomic E-state index is 17.0. The highest BCUT2D eigenvalue weighted by atomic mass is 19.1. The molecule has 1 heterocycles. The van der Waals surface area contributed by atoms with Gasteiger partial charge >= 0.3 is 5.97 Å². The number of aliphatic hydroxyl groups is 2. The fraction of sp³-hybridized carbons (Fsp3) is 0.818. The summed E-state index contributed by atoms with van der Waals surface area (Å²) in [5.41, 5.74) is -5.02. The number of carbonyl (C=O) groups is 2. The van der Waals surface area contributed by atoms with Crippen LogP contribution in [-0.4, -0.2) is 58.2 Å². The third-order valence-corrected chi connectivity index (χ3v) is 8.57. The van der Waals surface area contributed by atoms with Gasteiger partial charge in [0.25, 0.3) is 0 Å². The van der Waals surface area contributed by atoms with Gasteiger partial charge in [0.05, 0.1) is 29.8 Å². The SMILES string of the molecule is CC(=O)O[C@H]1C(=O)[C@]2(C)[C@@H](O)C[C@H]3OC[C@H]3[C@@]2(F)C[C@]2(O)CCC(C)=C1C2(C)C. The van der Waals surface area contributed by atoms with Gasteiger partial charge in [-0.15, -0.1) is 0 Å². The van der Waals surface area contributed by atoms with Crippen LogP contribution in [-0.2, 0) is 19.1 Å². The molecule has 0 aromatic rings. The Kier molecular flexibility index (Phi) is 4.41. The van der Waals surface area contributed by atoms with Gasteiger partial charge in [-0.25, -0.2) is 4.39 Å². The molecule has 4 aliphatic rings. The predicted molar refractivity (Wildman–Crippen MR) is 102 cm³/mol. The monoisotopic (exact) mass is 410 g/mol. The van der Waals surface area contributed by atoms with Crippen molar-refractivity contribution in [3.05, 3.63) is 11.1 Å². The van der Waals surface area contributed by atoms with Gasteiger partial charge in [-0.1, -0.05) is 19.4 Å². The van der Waals surface area contributed by atoms with Crippen LogP contribution >= 0.6 is 0 Å². The van der Waals surface area contributed by atoms with E-state index in [2.05, 4.69) is 0 Å². The molecule has 0 radical (unpaired) electrons. The summed E-state index contributed by atoms with van der Waals surface area (Å²) in [4.78, 5) is 25.8. The molecule has 3 fully saturated rings. The van der Waals surface area contributed by atoms with E-state index in [-0.39, 0.29) is 19.4 Å². The number of carbonyl (C=O) groups excluding carboxylic acids is 2. The van der Waals surface area contributed by atoms with E-state index in [4.69, 9.17) is 9.47 Å². The lowest BCUT2D eigenvalue weighted by Crippen LogP contribution is -2.75. The molecule has 1 aliphatic heterocycles. The second kappa shape index (κ2) is 6.11. The number of hydrogen-bond acceptors (Lipinski definition) is 6. The number of Topliss-reactive ketones (excluding diaryl/α,β-unsaturated/α-hetero) is 1. The average molecular weight is 410 g/mol. The topological polar surface area (TPSA) is 93.1 Å². The Labute approximate surface area is 170 Å². The molecule has 162 valence electrons. The first kappa shape index (κ1) is 20.9. The quantitative estimate of drug-likeness (QED) is 0.509. The first-order chi connectivity index (χ1) is 13.3. The molecule has 2 saturated carbocycles. The van der Waals surface area contributed by atoms with E-state index in [0.717, 1.165) is 5.57 Å². The highest BCUT2D eigenvalue weighted by Gasteiger charge is 2.74. The lowest BCUT2D eigenvalue weighted by atomic mass is 9.46. The average Bonchev–Trinajstić information content (AvgIpc) is 2.57. The molecule has 29 heavy (non-hydrogen) atoms. The van der Waals surface area contributed by atoms with Crippen LogP contribution < -0.4 is 0 Å². The molecule has 0 amide bonds. The van der Waals surface area contributed by atoms with Gasteiger partial charge in [0.2, 0.25) is 0 Å². The van der Waals surface area contributed by atoms with E-state index in [9.17, 15) is 19.8 Å². The van der Waals surface area contributed by atoms with E-state index >= 15 is 4.39 Å². The van der Waals surface area contributed by atoms with Gasteiger partial charge < -0.3 is 19.7 Å². The first-order valence-corrected chi connectivity index (χ1v) is 10.4. The van der Waals surface area contributed by atoms with Crippen LogP contribution in [0.15, 0.2) is 11.1 Å². The Morgan fingerprint density at radius 3 is 2.52 bits per heavy atom. The zero-order valence-electron chi connectivity index (χ0n) is 17.8. The molecule has 2 bridgehead atoms. The molecule has 6 nitrogen and oxygen atoms in total. The number of allylic oxidation sites excluding steroid dienone is 1. The lowest BCUT2D eigenvalue weighted by Gasteiger charge is -2.64. The van der Waals surface area contributed by atoms with Crippen molar-refractivity contribution < 1.29 is 33.7 Å². The smallest absolute Gasteiger partial charge is 0.303 e. The van der Waals surface area contributed by atoms with Crippen LogP contribution in [0.1, 0.15) is 60.3 Å². The largest absolute Gasteiger partial charge is 0.450 e. The minimum atomic E-state index is -2.17. The lowest BCUT2D eigenvalue weighted by molar-refractivity contribution is -0.284. The Bertz CT molecular complexity index is 805. The van der Waals surface area contributed by atoms with Crippen LogP contribution in [0.2, 0.25) is 0 Å². The number of rotatable bonds is 1. The van der Waals surface area contributed by atoms with Crippen LogP contribution in [0.25, 0.3) is 0 Å². The summed E-state index contributed by atoms with van der Waals surface area (Å²) in [6.07, 6.45) is -2.40.